The SMILES string of the molecule is N#Cc1cnc2c(Cl)cc(NC(c3c[nH]nn3)c3ccccc3C(F)(F)F)cc2c1Nc1cnc(F)c(F)c1. The number of pyridine rings is 2. The summed E-state index contributed by atoms with van der Waals surface area (Å²) >= 11 is 6.49. The zero-order chi connectivity index (χ0) is 27.7. The van der Waals surface area contributed by atoms with Crippen LogP contribution in [0, 0.1) is 23.1 Å². The lowest BCUT2D eigenvalue weighted by molar-refractivity contribution is -0.138. The molecule has 0 aliphatic rings. The summed E-state index contributed by atoms with van der Waals surface area (Å²) in [5, 5.41) is 25.9. The fourth-order valence-electron chi connectivity index (χ4n) is 4.03. The summed E-state index contributed by atoms with van der Waals surface area (Å²) in [5.41, 5.74) is -0.117. The van der Waals surface area contributed by atoms with Gasteiger partial charge in [0.15, 0.2) is 5.82 Å². The van der Waals surface area contributed by atoms with Gasteiger partial charge in [0.1, 0.15) is 11.8 Å². The van der Waals surface area contributed by atoms with Crippen molar-refractivity contribution in [2.75, 3.05) is 10.6 Å². The second-order valence-corrected chi connectivity index (χ2v) is 8.60. The zero-order valence-electron chi connectivity index (χ0n) is 19.4. The van der Waals surface area contributed by atoms with Gasteiger partial charge in [0.2, 0.25) is 5.95 Å². The molecule has 1 atom stereocenters. The largest absolute Gasteiger partial charge is 0.416 e. The molecular formula is C25H14ClF5N8. The van der Waals surface area contributed by atoms with Gasteiger partial charge in [-0.2, -0.15) is 22.8 Å². The summed E-state index contributed by atoms with van der Waals surface area (Å²) < 4.78 is 68.7. The third-order valence-electron chi connectivity index (χ3n) is 5.73. The lowest BCUT2D eigenvalue weighted by Gasteiger charge is -2.23. The molecule has 0 aliphatic carbocycles. The topological polar surface area (TPSA) is 115 Å². The van der Waals surface area contributed by atoms with Crippen LogP contribution >= 0.6 is 11.6 Å². The molecule has 2 aromatic carbocycles. The zero-order valence-corrected chi connectivity index (χ0v) is 20.1. The number of hydrogen-bond donors (Lipinski definition) is 3. The van der Waals surface area contributed by atoms with Crippen molar-refractivity contribution >= 4 is 39.6 Å². The van der Waals surface area contributed by atoms with Crippen LogP contribution in [0.15, 0.2) is 61.1 Å². The Morgan fingerprint density at radius 1 is 1.03 bits per heavy atom. The molecule has 3 heterocycles. The molecule has 39 heavy (non-hydrogen) atoms. The highest BCUT2D eigenvalue weighted by molar-refractivity contribution is 6.36. The Bertz CT molecular complexity index is 1720. The number of H-pyrrole nitrogens is 1. The molecule has 5 aromatic rings. The van der Waals surface area contributed by atoms with Gasteiger partial charge in [0, 0.05) is 29.5 Å². The molecule has 0 radical (unpaired) electrons. The molecule has 0 amide bonds. The van der Waals surface area contributed by atoms with E-state index in [1.165, 1.54) is 42.7 Å². The Kier molecular flexibility index (Phi) is 6.71. The van der Waals surface area contributed by atoms with Crippen LogP contribution in [-0.2, 0) is 6.18 Å². The lowest BCUT2D eigenvalue weighted by atomic mass is 9.97. The van der Waals surface area contributed by atoms with Crippen LogP contribution in [0.3, 0.4) is 0 Å². The quantitative estimate of drug-likeness (QED) is 0.161. The molecule has 14 heteroatoms. The molecule has 0 saturated carbocycles. The number of rotatable bonds is 6. The number of benzene rings is 2. The summed E-state index contributed by atoms with van der Waals surface area (Å²) in [5.74, 6) is -2.51. The average Bonchev–Trinajstić information content (AvgIpc) is 3.44. The first-order valence-corrected chi connectivity index (χ1v) is 11.4. The minimum atomic E-state index is -4.65. The van der Waals surface area contributed by atoms with Gasteiger partial charge in [-0.3, -0.25) is 10.1 Å². The van der Waals surface area contributed by atoms with Crippen LogP contribution in [0.5, 0.6) is 0 Å². The molecule has 8 nitrogen and oxygen atoms in total. The number of anilines is 3. The summed E-state index contributed by atoms with van der Waals surface area (Å²) in [6.07, 6.45) is -1.02. The number of halogens is 6. The van der Waals surface area contributed by atoms with E-state index in [-0.39, 0.29) is 49.8 Å². The van der Waals surface area contributed by atoms with E-state index >= 15 is 0 Å². The van der Waals surface area contributed by atoms with Gasteiger partial charge < -0.3 is 10.6 Å². The minimum absolute atomic E-state index is 0.0342. The standard InChI is InChI=1S/C25H14ClF5N8/c26-18-6-13(36-23(20-11-35-39-38-20)15-3-1-2-4-17(15)25(29,30)31)5-16-21(12(8-32)9-33-22(16)18)37-14-7-19(27)24(28)34-10-14/h1-7,9-11,23,36H,(H,33,37)(H,35,38,39). The molecule has 3 N–H and O–H groups in total. The first kappa shape index (κ1) is 25.8. The summed E-state index contributed by atoms with van der Waals surface area (Å²) in [7, 11) is 0. The second kappa shape index (κ2) is 10.1. The molecular weight excluding hydrogens is 543 g/mol. The van der Waals surface area contributed by atoms with E-state index in [0.717, 1.165) is 18.3 Å². The van der Waals surface area contributed by atoms with E-state index in [0.29, 0.717) is 0 Å². The Morgan fingerprint density at radius 2 is 1.82 bits per heavy atom. The van der Waals surface area contributed by atoms with E-state index in [9.17, 15) is 27.2 Å². The van der Waals surface area contributed by atoms with E-state index < -0.39 is 29.5 Å². The van der Waals surface area contributed by atoms with Crippen molar-refractivity contribution in [3.05, 3.63) is 100 Å². The van der Waals surface area contributed by atoms with E-state index in [4.69, 9.17) is 11.6 Å². The second-order valence-electron chi connectivity index (χ2n) is 8.20. The number of nitriles is 1. The number of alkyl halides is 3. The minimum Gasteiger partial charge on any atom is -0.373 e. The van der Waals surface area contributed by atoms with Gasteiger partial charge in [0.25, 0.3) is 0 Å². The maximum absolute atomic E-state index is 13.9. The third kappa shape index (κ3) is 5.14. The fourth-order valence-corrected chi connectivity index (χ4v) is 4.30. The van der Waals surface area contributed by atoms with E-state index in [2.05, 4.69) is 36.0 Å². The molecule has 5 rings (SSSR count). The van der Waals surface area contributed by atoms with Crippen LogP contribution < -0.4 is 10.6 Å². The van der Waals surface area contributed by atoms with E-state index in [1.807, 2.05) is 6.07 Å². The Hall–Kier alpha value is -4.83. The number of aromatic amines is 1. The van der Waals surface area contributed by atoms with E-state index in [1.54, 1.807) is 0 Å². The molecule has 3 aromatic heterocycles. The van der Waals surface area contributed by atoms with Crippen molar-refractivity contribution in [1.82, 2.24) is 25.4 Å². The van der Waals surface area contributed by atoms with Crippen molar-refractivity contribution in [1.29, 1.82) is 5.26 Å². The van der Waals surface area contributed by atoms with Gasteiger partial charge in [0.05, 0.1) is 45.3 Å². The lowest BCUT2D eigenvalue weighted by Crippen LogP contribution is -2.19. The van der Waals surface area contributed by atoms with Gasteiger partial charge in [-0.1, -0.05) is 35.0 Å². The highest BCUT2D eigenvalue weighted by Crippen LogP contribution is 2.39. The van der Waals surface area contributed by atoms with Crippen molar-refractivity contribution in [3.63, 3.8) is 0 Å². The maximum atomic E-state index is 13.9. The molecule has 0 bridgehead atoms. The summed E-state index contributed by atoms with van der Waals surface area (Å²) in [6.45, 7) is 0. The van der Waals surface area contributed by atoms with Gasteiger partial charge in [-0.15, -0.1) is 5.10 Å². The van der Waals surface area contributed by atoms with Gasteiger partial charge in [-0.25, -0.2) is 9.37 Å². The molecule has 196 valence electrons. The van der Waals surface area contributed by atoms with Crippen molar-refractivity contribution in [2.45, 2.75) is 12.2 Å². The average molecular weight is 557 g/mol. The third-order valence-corrected chi connectivity index (χ3v) is 6.02. The molecule has 0 aliphatic heterocycles. The normalized spacial score (nSPS) is 12.2. The van der Waals surface area contributed by atoms with Crippen LogP contribution in [0.25, 0.3) is 10.9 Å². The number of hydrogen-bond acceptors (Lipinski definition) is 7. The number of nitrogens with zero attached hydrogens (tertiary/aromatic N) is 5. The van der Waals surface area contributed by atoms with Crippen molar-refractivity contribution in [3.8, 4) is 6.07 Å². The van der Waals surface area contributed by atoms with Crippen LogP contribution in [0.4, 0.5) is 39.0 Å². The highest BCUT2D eigenvalue weighted by atomic mass is 35.5. The summed E-state index contributed by atoms with van der Waals surface area (Å²) in [4.78, 5) is 7.54. The Balaban J connectivity index is 1.64. The molecule has 1 unspecified atom stereocenters. The van der Waals surface area contributed by atoms with Crippen LogP contribution in [0.1, 0.15) is 28.4 Å². The Morgan fingerprint density at radius 3 is 2.51 bits per heavy atom. The molecule has 0 spiro atoms. The van der Waals surface area contributed by atoms with Crippen LogP contribution in [-0.4, -0.2) is 25.4 Å². The predicted octanol–water partition coefficient (Wildman–Crippen LogP) is 6.52. The number of fused-ring (bicyclic) bond motifs is 1. The number of nitrogens with one attached hydrogen (secondary N) is 3. The van der Waals surface area contributed by atoms with Gasteiger partial charge >= 0.3 is 6.18 Å². The van der Waals surface area contributed by atoms with Crippen molar-refractivity contribution < 1.29 is 22.0 Å². The fraction of sp³-hybridized carbons (Fsp3) is 0.0800. The Labute approximate surface area is 221 Å². The highest BCUT2D eigenvalue weighted by Gasteiger charge is 2.36. The first-order chi connectivity index (χ1) is 18.7. The maximum Gasteiger partial charge on any atom is 0.416 e. The molecule has 0 fully saturated rings. The van der Waals surface area contributed by atoms with Crippen LogP contribution in [0.2, 0.25) is 5.02 Å². The molecule has 0 saturated heterocycles. The van der Waals surface area contributed by atoms with Gasteiger partial charge in [-0.05, 0) is 23.8 Å². The summed E-state index contributed by atoms with van der Waals surface area (Å²) in [6, 6.07) is 9.68. The number of aromatic nitrogens is 5. The smallest absolute Gasteiger partial charge is 0.373 e. The first-order valence-electron chi connectivity index (χ1n) is 11.0. The predicted molar refractivity (Wildman–Crippen MR) is 132 cm³/mol. The van der Waals surface area contributed by atoms with Crippen molar-refractivity contribution in [2.24, 2.45) is 0 Å². The monoisotopic (exact) mass is 556 g/mol.